The van der Waals surface area contributed by atoms with Crippen LogP contribution in [0, 0.1) is 0 Å². The van der Waals surface area contributed by atoms with E-state index in [1.165, 1.54) is 11.1 Å². The summed E-state index contributed by atoms with van der Waals surface area (Å²) < 4.78 is 12.2. The first-order valence-corrected chi connectivity index (χ1v) is 7.75. The van der Waals surface area contributed by atoms with Crippen LogP contribution in [0.3, 0.4) is 0 Å². The molecular formula is C17H24BNO2. The van der Waals surface area contributed by atoms with Crippen molar-refractivity contribution >= 4 is 18.2 Å². The third kappa shape index (κ3) is 2.80. The highest BCUT2D eigenvalue weighted by Gasteiger charge is 2.51. The first-order valence-electron chi connectivity index (χ1n) is 7.75. The third-order valence-electron chi connectivity index (χ3n) is 4.87. The van der Waals surface area contributed by atoms with Crippen LogP contribution < -0.4 is 10.8 Å². The first-order chi connectivity index (χ1) is 9.89. The van der Waals surface area contributed by atoms with E-state index in [0.717, 1.165) is 25.0 Å². The Hall–Kier alpha value is -1.10. The van der Waals surface area contributed by atoms with Gasteiger partial charge in [-0.05, 0) is 57.3 Å². The van der Waals surface area contributed by atoms with Gasteiger partial charge in [0.05, 0.1) is 11.2 Å². The van der Waals surface area contributed by atoms with Crippen molar-refractivity contribution in [3.63, 3.8) is 0 Å². The van der Waals surface area contributed by atoms with Gasteiger partial charge in [0.15, 0.2) is 0 Å². The molecular weight excluding hydrogens is 261 g/mol. The molecule has 0 amide bonds. The van der Waals surface area contributed by atoms with Gasteiger partial charge in [0.2, 0.25) is 0 Å². The van der Waals surface area contributed by atoms with Crippen LogP contribution in [0.2, 0.25) is 0 Å². The van der Waals surface area contributed by atoms with Gasteiger partial charge in [0, 0.05) is 6.54 Å². The fourth-order valence-electron chi connectivity index (χ4n) is 2.72. The fraction of sp³-hybridized carbons (Fsp3) is 0.529. The van der Waals surface area contributed by atoms with E-state index in [-0.39, 0.29) is 18.3 Å². The quantitative estimate of drug-likeness (QED) is 0.846. The van der Waals surface area contributed by atoms with Crippen molar-refractivity contribution in [3.8, 4) is 0 Å². The molecule has 1 saturated heterocycles. The maximum absolute atomic E-state index is 6.09. The average molecular weight is 285 g/mol. The molecule has 3 nitrogen and oxygen atoms in total. The lowest BCUT2D eigenvalue weighted by molar-refractivity contribution is 0.00578. The molecule has 112 valence electrons. The predicted molar refractivity (Wildman–Crippen MR) is 87.6 cm³/mol. The van der Waals surface area contributed by atoms with Crippen molar-refractivity contribution < 1.29 is 9.31 Å². The van der Waals surface area contributed by atoms with Gasteiger partial charge in [0.1, 0.15) is 0 Å². The number of hydrogen-bond donors (Lipinski definition) is 1. The number of hydrogen-bond acceptors (Lipinski definition) is 3. The normalized spacial score (nSPS) is 24.0. The van der Waals surface area contributed by atoms with Crippen LogP contribution in [0.25, 0.3) is 5.57 Å². The number of rotatable bonds is 2. The van der Waals surface area contributed by atoms with Gasteiger partial charge in [0.25, 0.3) is 0 Å². The van der Waals surface area contributed by atoms with Crippen LogP contribution in [0.4, 0.5) is 0 Å². The second-order valence-corrected chi connectivity index (χ2v) is 6.89. The van der Waals surface area contributed by atoms with Crippen molar-refractivity contribution in [2.75, 3.05) is 13.1 Å². The molecule has 0 spiro atoms. The summed E-state index contributed by atoms with van der Waals surface area (Å²) in [6, 6.07) is 8.61. The van der Waals surface area contributed by atoms with Gasteiger partial charge in [-0.3, -0.25) is 0 Å². The summed E-state index contributed by atoms with van der Waals surface area (Å²) in [6.45, 7) is 10.4. The van der Waals surface area contributed by atoms with Crippen LogP contribution >= 0.6 is 0 Å². The minimum Gasteiger partial charge on any atom is -0.399 e. The number of benzene rings is 1. The van der Waals surface area contributed by atoms with Gasteiger partial charge in [-0.2, -0.15) is 0 Å². The Morgan fingerprint density at radius 2 is 1.62 bits per heavy atom. The van der Waals surface area contributed by atoms with Gasteiger partial charge >= 0.3 is 7.12 Å². The van der Waals surface area contributed by atoms with E-state index < -0.39 is 0 Å². The molecule has 21 heavy (non-hydrogen) atoms. The molecule has 2 heterocycles. The topological polar surface area (TPSA) is 30.5 Å². The molecule has 0 aliphatic carbocycles. The highest BCUT2D eigenvalue weighted by molar-refractivity contribution is 6.62. The summed E-state index contributed by atoms with van der Waals surface area (Å²) in [7, 11) is -0.272. The van der Waals surface area contributed by atoms with E-state index in [2.05, 4.69) is 63.4 Å². The molecule has 3 rings (SSSR count). The monoisotopic (exact) mass is 285 g/mol. The molecule has 0 unspecified atom stereocenters. The zero-order valence-electron chi connectivity index (χ0n) is 13.4. The molecule has 0 atom stereocenters. The molecule has 1 aromatic carbocycles. The average Bonchev–Trinajstić information content (AvgIpc) is 2.69. The zero-order chi connectivity index (χ0) is 15.1. The van der Waals surface area contributed by atoms with Crippen molar-refractivity contribution in [1.29, 1.82) is 0 Å². The van der Waals surface area contributed by atoms with E-state index in [4.69, 9.17) is 9.31 Å². The molecule has 0 saturated carbocycles. The highest BCUT2D eigenvalue weighted by atomic mass is 16.7. The summed E-state index contributed by atoms with van der Waals surface area (Å²) in [6.07, 6.45) is 3.36. The largest absolute Gasteiger partial charge is 0.494 e. The molecule has 2 aliphatic rings. The lowest BCUT2D eigenvalue weighted by atomic mass is 9.78. The van der Waals surface area contributed by atoms with E-state index in [1.54, 1.807) is 0 Å². The Labute approximate surface area is 127 Å². The smallest absolute Gasteiger partial charge is 0.399 e. The van der Waals surface area contributed by atoms with Crippen LogP contribution in [0.15, 0.2) is 30.3 Å². The van der Waals surface area contributed by atoms with Gasteiger partial charge in [-0.1, -0.05) is 30.3 Å². The van der Waals surface area contributed by atoms with Crippen LogP contribution in [0.1, 0.15) is 39.7 Å². The van der Waals surface area contributed by atoms with Crippen molar-refractivity contribution in [3.05, 3.63) is 35.9 Å². The summed E-state index contributed by atoms with van der Waals surface area (Å²) in [5, 5.41) is 3.34. The van der Waals surface area contributed by atoms with E-state index in [1.807, 2.05) is 0 Å². The molecule has 1 aromatic rings. The zero-order valence-corrected chi connectivity index (χ0v) is 13.4. The SMILES string of the molecule is CC1(C)OB(c2ccc(C3=CCNCC3)cc2)OC1(C)C. The molecule has 1 N–H and O–H groups in total. The van der Waals surface area contributed by atoms with E-state index >= 15 is 0 Å². The van der Waals surface area contributed by atoms with Crippen molar-refractivity contribution in [2.24, 2.45) is 0 Å². The maximum Gasteiger partial charge on any atom is 0.494 e. The summed E-state index contributed by atoms with van der Waals surface area (Å²) in [5.74, 6) is 0. The minimum atomic E-state index is -0.284. The second-order valence-electron chi connectivity index (χ2n) is 6.89. The lowest BCUT2D eigenvalue weighted by Crippen LogP contribution is -2.41. The summed E-state index contributed by atoms with van der Waals surface area (Å²) in [4.78, 5) is 0. The number of nitrogens with one attached hydrogen (secondary N) is 1. The molecule has 1 fully saturated rings. The fourth-order valence-corrected chi connectivity index (χ4v) is 2.72. The van der Waals surface area contributed by atoms with E-state index in [9.17, 15) is 0 Å². The second kappa shape index (κ2) is 5.27. The van der Waals surface area contributed by atoms with Crippen LogP contribution in [0.5, 0.6) is 0 Å². The molecule has 2 aliphatic heterocycles. The Morgan fingerprint density at radius 3 is 2.14 bits per heavy atom. The molecule has 4 heteroatoms. The Balaban J connectivity index is 1.78. The molecule has 0 radical (unpaired) electrons. The lowest BCUT2D eigenvalue weighted by Gasteiger charge is -2.32. The Bertz CT molecular complexity index is 532. The Kier molecular flexibility index (Phi) is 3.72. The standard InChI is InChI=1S/C17H24BNO2/c1-16(2)17(3,4)21-18(20-16)15-7-5-13(6-8-15)14-9-11-19-12-10-14/h5-9,19H,10-12H2,1-4H3. The van der Waals surface area contributed by atoms with Gasteiger partial charge < -0.3 is 14.6 Å². The Morgan fingerprint density at radius 1 is 1.00 bits per heavy atom. The molecule has 0 aromatic heterocycles. The summed E-state index contributed by atoms with van der Waals surface area (Å²) in [5.41, 5.74) is 3.25. The third-order valence-corrected chi connectivity index (χ3v) is 4.87. The summed E-state index contributed by atoms with van der Waals surface area (Å²) >= 11 is 0. The van der Waals surface area contributed by atoms with Crippen LogP contribution in [-0.2, 0) is 9.31 Å². The van der Waals surface area contributed by atoms with Crippen molar-refractivity contribution in [2.45, 2.75) is 45.3 Å². The van der Waals surface area contributed by atoms with Gasteiger partial charge in [-0.15, -0.1) is 0 Å². The van der Waals surface area contributed by atoms with Gasteiger partial charge in [-0.25, -0.2) is 0 Å². The van der Waals surface area contributed by atoms with Crippen molar-refractivity contribution in [1.82, 2.24) is 5.32 Å². The highest BCUT2D eigenvalue weighted by Crippen LogP contribution is 2.36. The first kappa shape index (κ1) is 14.8. The molecule has 0 bridgehead atoms. The predicted octanol–water partition coefficient (Wildman–Crippen LogP) is 2.36. The van der Waals surface area contributed by atoms with Crippen LogP contribution in [-0.4, -0.2) is 31.4 Å². The minimum absolute atomic E-state index is 0.272. The maximum atomic E-state index is 6.09. The van der Waals surface area contributed by atoms with E-state index in [0.29, 0.717) is 0 Å².